The lowest BCUT2D eigenvalue weighted by Gasteiger charge is -2.22. The summed E-state index contributed by atoms with van der Waals surface area (Å²) in [6.07, 6.45) is 1.41. The van der Waals surface area contributed by atoms with Crippen molar-refractivity contribution in [2.24, 2.45) is 5.73 Å². The lowest BCUT2D eigenvalue weighted by atomic mass is 10.1. The Kier molecular flexibility index (Phi) is 11.8. The molecular formula is C15H26N4O8S. The quantitative estimate of drug-likeness (QED) is 0.161. The largest absolute Gasteiger partial charge is 0.481 e. The molecule has 4 unspecified atom stereocenters. The summed E-state index contributed by atoms with van der Waals surface area (Å²) in [4.78, 5) is 58.0. The Balaban J connectivity index is 4.96. The van der Waals surface area contributed by atoms with E-state index in [-0.39, 0.29) is 0 Å². The minimum absolute atomic E-state index is 0.324. The van der Waals surface area contributed by atoms with Crippen molar-refractivity contribution in [2.45, 2.75) is 43.9 Å². The highest BCUT2D eigenvalue weighted by Crippen LogP contribution is 2.01. The maximum Gasteiger partial charge on any atom is 0.328 e. The zero-order valence-electron chi connectivity index (χ0n) is 15.5. The molecule has 28 heavy (non-hydrogen) atoms. The first kappa shape index (κ1) is 25.6. The summed E-state index contributed by atoms with van der Waals surface area (Å²) >= 11 is 1.47. The summed E-state index contributed by atoms with van der Waals surface area (Å²) in [6.45, 7) is 0.376. The molecular weight excluding hydrogens is 396 g/mol. The predicted octanol–water partition coefficient (Wildman–Crippen LogP) is -2.91. The maximum absolute atomic E-state index is 12.3. The van der Waals surface area contributed by atoms with E-state index in [9.17, 15) is 24.0 Å². The van der Waals surface area contributed by atoms with Crippen LogP contribution in [0.5, 0.6) is 0 Å². The normalized spacial score (nSPS) is 14.9. The number of hydrogen-bond donors (Lipinski definition) is 7. The number of amides is 3. The van der Waals surface area contributed by atoms with Crippen molar-refractivity contribution in [2.75, 3.05) is 18.6 Å². The van der Waals surface area contributed by atoms with Crippen LogP contribution in [0.3, 0.4) is 0 Å². The van der Waals surface area contributed by atoms with Crippen LogP contribution in [0.1, 0.15) is 19.8 Å². The average molecular weight is 422 g/mol. The van der Waals surface area contributed by atoms with Crippen LogP contribution < -0.4 is 21.7 Å². The van der Waals surface area contributed by atoms with Crippen molar-refractivity contribution in [1.82, 2.24) is 16.0 Å². The first-order valence-electron chi connectivity index (χ1n) is 8.24. The number of carbonyl (C=O) groups is 5. The van der Waals surface area contributed by atoms with Crippen LogP contribution in [0.2, 0.25) is 0 Å². The zero-order chi connectivity index (χ0) is 21.9. The summed E-state index contributed by atoms with van der Waals surface area (Å²) in [5, 5.41) is 33.1. The Morgan fingerprint density at radius 1 is 0.964 bits per heavy atom. The molecule has 0 aromatic rings. The van der Waals surface area contributed by atoms with E-state index in [1.807, 2.05) is 11.6 Å². The van der Waals surface area contributed by atoms with Gasteiger partial charge in [-0.25, -0.2) is 4.79 Å². The Labute approximate surface area is 165 Å². The van der Waals surface area contributed by atoms with Gasteiger partial charge in [-0.05, 0) is 25.4 Å². The second kappa shape index (κ2) is 12.9. The number of rotatable bonds is 13. The van der Waals surface area contributed by atoms with Crippen molar-refractivity contribution >= 4 is 41.4 Å². The highest BCUT2D eigenvalue weighted by molar-refractivity contribution is 7.98. The van der Waals surface area contributed by atoms with Crippen molar-refractivity contribution in [3.05, 3.63) is 0 Å². The fourth-order valence-corrected chi connectivity index (χ4v) is 2.39. The Hall–Kier alpha value is -2.38. The molecule has 13 heteroatoms. The molecule has 160 valence electrons. The van der Waals surface area contributed by atoms with Crippen molar-refractivity contribution < 1.29 is 39.3 Å². The number of carboxylic acid groups (broad SMARTS) is 2. The minimum Gasteiger partial charge on any atom is -0.481 e. The topological polar surface area (TPSA) is 208 Å². The van der Waals surface area contributed by atoms with Crippen molar-refractivity contribution in [3.8, 4) is 0 Å². The van der Waals surface area contributed by atoms with E-state index in [1.165, 1.54) is 18.7 Å². The summed E-state index contributed by atoms with van der Waals surface area (Å²) in [7, 11) is 0. The van der Waals surface area contributed by atoms with Gasteiger partial charge in [-0.1, -0.05) is 0 Å². The number of thioether (sulfide) groups is 1. The van der Waals surface area contributed by atoms with Crippen LogP contribution in [0.4, 0.5) is 0 Å². The molecule has 4 atom stereocenters. The van der Waals surface area contributed by atoms with Gasteiger partial charge < -0.3 is 37.0 Å². The van der Waals surface area contributed by atoms with Crippen LogP contribution in [-0.2, 0) is 24.0 Å². The van der Waals surface area contributed by atoms with E-state index in [0.29, 0.717) is 12.2 Å². The minimum atomic E-state index is -1.56. The van der Waals surface area contributed by atoms with E-state index < -0.39 is 66.9 Å². The molecule has 0 radical (unpaired) electrons. The molecule has 0 rings (SSSR count). The molecule has 8 N–H and O–H groups in total. The Bertz CT molecular complexity index is 588. The summed E-state index contributed by atoms with van der Waals surface area (Å²) in [5.41, 5.74) is 5.68. The number of carboxylic acids is 2. The van der Waals surface area contributed by atoms with E-state index in [0.717, 1.165) is 0 Å². The molecule has 0 aliphatic rings. The van der Waals surface area contributed by atoms with E-state index in [2.05, 4.69) is 10.6 Å². The summed E-state index contributed by atoms with van der Waals surface area (Å²) in [6, 6.07) is -5.22. The molecule has 0 saturated carbocycles. The van der Waals surface area contributed by atoms with E-state index in [4.69, 9.17) is 21.1 Å². The van der Waals surface area contributed by atoms with Gasteiger partial charge in [0, 0.05) is 0 Å². The van der Waals surface area contributed by atoms with Crippen LogP contribution in [-0.4, -0.2) is 87.8 Å². The number of aliphatic hydroxyl groups excluding tert-OH is 1. The third-order valence-corrected chi connectivity index (χ3v) is 4.17. The van der Waals surface area contributed by atoms with Gasteiger partial charge in [-0.3, -0.25) is 19.2 Å². The SMILES string of the molecule is CSCCC(N)C(=O)NC(CC(=O)O)C(=O)NC(C)C(=O)NC(CO)C(=O)O. The molecule has 0 fully saturated rings. The molecule has 0 heterocycles. The van der Waals surface area contributed by atoms with Crippen LogP contribution in [0.25, 0.3) is 0 Å². The fraction of sp³-hybridized carbons (Fsp3) is 0.667. The second-order valence-corrected chi connectivity index (χ2v) is 6.84. The van der Waals surface area contributed by atoms with Crippen molar-refractivity contribution in [1.29, 1.82) is 0 Å². The van der Waals surface area contributed by atoms with Gasteiger partial charge in [0.1, 0.15) is 18.1 Å². The molecule has 0 spiro atoms. The Morgan fingerprint density at radius 2 is 1.54 bits per heavy atom. The maximum atomic E-state index is 12.3. The van der Waals surface area contributed by atoms with Gasteiger partial charge in [-0.2, -0.15) is 11.8 Å². The predicted molar refractivity (Wildman–Crippen MR) is 99.4 cm³/mol. The molecule has 0 aromatic carbocycles. The third kappa shape index (κ3) is 9.53. The molecule has 0 bridgehead atoms. The average Bonchev–Trinajstić information content (AvgIpc) is 2.62. The van der Waals surface area contributed by atoms with Crippen molar-refractivity contribution in [3.63, 3.8) is 0 Å². The van der Waals surface area contributed by atoms with Gasteiger partial charge in [0.2, 0.25) is 17.7 Å². The van der Waals surface area contributed by atoms with E-state index >= 15 is 0 Å². The first-order valence-corrected chi connectivity index (χ1v) is 9.63. The standard InChI is InChI=1S/C15H26N4O8S/c1-7(12(23)19-10(6-20)15(26)27)17-14(25)9(5-11(21)22)18-13(24)8(16)3-4-28-2/h7-10,20H,3-6,16H2,1-2H3,(H,17,25)(H,18,24)(H,19,23)(H,21,22)(H,26,27). The highest BCUT2D eigenvalue weighted by Gasteiger charge is 2.29. The van der Waals surface area contributed by atoms with Gasteiger partial charge in [0.05, 0.1) is 19.1 Å². The van der Waals surface area contributed by atoms with E-state index in [1.54, 1.807) is 0 Å². The van der Waals surface area contributed by atoms with Gasteiger partial charge in [0.25, 0.3) is 0 Å². The summed E-state index contributed by atoms with van der Waals surface area (Å²) < 4.78 is 0. The molecule has 3 amide bonds. The zero-order valence-corrected chi connectivity index (χ0v) is 16.3. The number of hydrogen-bond acceptors (Lipinski definition) is 8. The second-order valence-electron chi connectivity index (χ2n) is 5.86. The molecule has 12 nitrogen and oxygen atoms in total. The monoisotopic (exact) mass is 422 g/mol. The number of nitrogens with one attached hydrogen (secondary N) is 3. The number of nitrogens with two attached hydrogens (primary N) is 1. The fourth-order valence-electron chi connectivity index (χ4n) is 1.90. The molecule has 0 aliphatic heterocycles. The number of carbonyl (C=O) groups excluding carboxylic acids is 3. The smallest absolute Gasteiger partial charge is 0.328 e. The lowest BCUT2D eigenvalue weighted by molar-refractivity contribution is -0.144. The molecule has 0 saturated heterocycles. The van der Waals surface area contributed by atoms with Gasteiger partial charge in [0.15, 0.2) is 0 Å². The van der Waals surface area contributed by atoms with Crippen LogP contribution >= 0.6 is 11.8 Å². The Morgan fingerprint density at radius 3 is 2.00 bits per heavy atom. The van der Waals surface area contributed by atoms with Crippen LogP contribution in [0.15, 0.2) is 0 Å². The van der Waals surface area contributed by atoms with Crippen LogP contribution in [0, 0.1) is 0 Å². The number of aliphatic hydroxyl groups is 1. The highest BCUT2D eigenvalue weighted by atomic mass is 32.2. The summed E-state index contributed by atoms with van der Waals surface area (Å²) in [5.74, 6) is -4.81. The first-order chi connectivity index (χ1) is 13.0. The lowest BCUT2D eigenvalue weighted by Crippen LogP contribution is -2.57. The molecule has 0 aromatic heterocycles. The molecule has 0 aliphatic carbocycles. The van der Waals surface area contributed by atoms with Gasteiger partial charge in [-0.15, -0.1) is 0 Å². The third-order valence-electron chi connectivity index (χ3n) is 3.53. The number of aliphatic carboxylic acids is 2. The van der Waals surface area contributed by atoms with Gasteiger partial charge >= 0.3 is 11.9 Å².